The molecule has 19 heavy (non-hydrogen) atoms. The average Bonchev–Trinajstić information content (AvgIpc) is 2.11. The molecule has 0 spiro atoms. The van der Waals surface area contributed by atoms with Gasteiger partial charge in [0.1, 0.15) is 4.90 Å². The van der Waals surface area contributed by atoms with Crippen molar-refractivity contribution in [3.8, 4) is 0 Å². The molecular weight excluding hydrogens is 270 g/mol. The molecule has 1 rings (SSSR count). The normalized spacial score (nSPS) is 12.5. The van der Waals surface area contributed by atoms with Crippen molar-refractivity contribution in [3.05, 3.63) is 32.9 Å². The summed E-state index contributed by atoms with van der Waals surface area (Å²) < 4.78 is 31.9. The Morgan fingerprint density at radius 3 is 2.05 bits per heavy atom. The fraction of sp³-hybridized carbons (Fsp3) is 0.500. The number of aryl methyl sites for hydroxylation is 1. The summed E-state index contributed by atoms with van der Waals surface area (Å²) in [7, 11) is -4.49. The molecule has 0 aliphatic heterocycles. The van der Waals surface area contributed by atoms with Crippen molar-refractivity contribution >= 4 is 15.8 Å². The molecule has 0 aliphatic rings. The smallest absolute Gasteiger partial charge is 0.282 e. The van der Waals surface area contributed by atoms with Crippen LogP contribution in [-0.2, 0) is 15.5 Å². The van der Waals surface area contributed by atoms with E-state index in [-0.39, 0.29) is 16.1 Å². The van der Waals surface area contributed by atoms with E-state index in [2.05, 4.69) is 0 Å². The van der Waals surface area contributed by atoms with Gasteiger partial charge in [0.25, 0.3) is 15.8 Å². The van der Waals surface area contributed by atoms with Crippen LogP contribution in [0.3, 0.4) is 0 Å². The van der Waals surface area contributed by atoms with E-state index in [4.69, 9.17) is 0 Å². The Bertz CT molecular complexity index is 641. The van der Waals surface area contributed by atoms with Gasteiger partial charge in [0.15, 0.2) is 0 Å². The Kier molecular flexibility index (Phi) is 3.75. The largest absolute Gasteiger partial charge is 0.295 e. The number of rotatable bonds is 2. The van der Waals surface area contributed by atoms with Gasteiger partial charge in [-0.25, -0.2) is 0 Å². The van der Waals surface area contributed by atoms with Gasteiger partial charge in [-0.15, -0.1) is 0 Å². The molecule has 1 aromatic carbocycles. The first-order valence-electron chi connectivity index (χ1n) is 5.64. The van der Waals surface area contributed by atoms with Gasteiger partial charge in [-0.2, -0.15) is 8.42 Å². The Morgan fingerprint density at radius 2 is 1.74 bits per heavy atom. The lowest BCUT2D eigenvalue weighted by Gasteiger charge is -2.21. The van der Waals surface area contributed by atoms with Gasteiger partial charge in [-0.05, 0) is 30.9 Å². The average molecular weight is 287 g/mol. The lowest BCUT2D eigenvalue weighted by molar-refractivity contribution is -0.386. The topological polar surface area (TPSA) is 97.5 Å². The van der Waals surface area contributed by atoms with Crippen LogP contribution in [0, 0.1) is 24.0 Å². The van der Waals surface area contributed by atoms with Gasteiger partial charge in [0.2, 0.25) is 0 Å². The summed E-state index contributed by atoms with van der Waals surface area (Å²) >= 11 is 0. The van der Waals surface area contributed by atoms with Crippen molar-refractivity contribution in [1.29, 1.82) is 0 Å². The molecule has 0 bridgehead atoms. The molecule has 0 unspecified atom stereocenters. The summed E-state index contributed by atoms with van der Waals surface area (Å²) in [6.07, 6.45) is 0. The van der Waals surface area contributed by atoms with Crippen LogP contribution in [0.5, 0.6) is 0 Å². The zero-order valence-electron chi connectivity index (χ0n) is 11.5. The van der Waals surface area contributed by atoms with Crippen LogP contribution >= 0.6 is 0 Å². The van der Waals surface area contributed by atoms with Crippen molar-refractivity contribution in [3.63, 3.8) is 0 Å². The number of nitro benzene ring substituents is 1. The second-order valence-electron chi connectivity index (χ2n) is 5.53. The predicted molar refractivity (Wildman–Crippen MR) is 71.1 cm³/mol. The molecule has 7 heteroatoms. The predicted octanol–water partition coefficient (Wildman–Crippen LogP) is 2.76. The van der Waals surface area contributed by atoms with Crippen molar-refractivity contribution in [2.75, 3.05) is 0 Å². The van der Waals surface area contributed by atoms with E-state index in [1.54, 1.807) is 20.8 Å². The minimum absolute atomic E-state index is 0.0302. The van der Waals surface area contributed by atoms with E-state index < -0.39 is 20.5 Å². The molecule has 0 fully saturated rings. The highest BCUT2D eigenvalue weighted by molar-refractivity contribution is 7.86. The molecule has 0 amide bonds. The number of hydrogen-bond donors (Lipinski definition) is 1. The van der Waals surface area contributed by atoms with Crippen molar-refractivity contribution in [1.82, 2.24) is 0 Å². The van der Waals surface area contributed by atoms with Crippen LogP contribution in [-0.4, -0.2) is 17.9 Å². The van der Waals surface area contributed by atoms with Gasteiger partial charge in [-0.1, -0.05) is 20.8 Å². The molecule has 0 atom stereocenters. The summed E-state index contributed by atoms with van der Waals surface area (Å²) in [4.78, 5) is 10.2. The Balaban J connectivity index is 3.91. The summed E-state index contributed by atoms with van der Waals surface area (Å²) in [5.41, 5.74) is -0.0473. The highest BCUT2D eigenvalue weighted by Gasteiger charge is 2.32. The third-order valence-electron chi connectivity index (χ3n) is 2.92. The van der Waals surface area contributed by atoms with E-state index in [0.29, 0.717) is 11.1 Å². The lowest BCUT2D eigenvalue weighted by Crippen LogP contribution is -2.17. The third kappa shape index (κ3) is 2.93. The molecule has 6 nitrogen and oxygen atoms in total. The van der Waals surface area contributed by atoms with E-state index in [1.165, 1.54) is 19.9 Å². The summed E-state index contributed by atoms with van der Waals surface area (Å²) in [6.45, 7) is 8.27. The highest BCUT2D eigenvalue weighted by atomic mass is 32.2. The maximum atomic E-state index is 11.3. The molecule has 106 valence electrons. The number of nitro groups is 1. The van der Waals surface area contributed by atoms with E-state index in [0.717, 1.165) is 0 Å². The van der Waals surface area contributed by atoms with Crippen LogP contribution in [0.2, 0.25) is 0 Å². The minimum Gasteiger partial charge on any atom is -0.282 e. The third-order valence-corrected chi connectivity index (χ3v) is 4.06. The standard InChI is InChI=1S/C12H17NO5S/c1-7-6-9(12(3,4)5)10(13(14)15)8(2)11(7)19(16,17)18/h6H,1-5H3,(H,16,17,18). The Labute approximate surface area is 112 Å². The number of benzene rings is 1. The van der Waals surface area contributed by atoms with Crippen LogP contribution in [0.1, 0.15) is 37.5 Å². The van der Waals surface area contributed by atoms with Crippen LogP contribution in [0.25, 0.3) is 0 Å². The molecule has 0 aromatic heterocycles. The summed E-state index contributed by atoms with van der Waals surface area (Å²) in [6, 6.07) is 1.45. The first kappa shape index (κ1) is 15.6. The first-order chi connectivity index (χ1) is 8.37. The fourth-order valence-electron chi connectivity index (χ4n) is 2.16. The van der Waals surface area contributed by atoms with Gasteiger partial charge in [-0.3, -0.25) is 14.7 Å². The van der Waals surface area contributed by atoms with Crippen molar-refractivity contribution < 1.29 is 17.9 Å². The van der Waals surface area contributed by atoms with Crippen molar-refractivity contribution in [2.45, 2.75) is 44.9 Å². The van der Waals surface area contributed by atoms with E-state index >= 15 is 0 Å². The maximum absolute atomic E-state index is 11.3. The highest BCUT2D eigenvalue weighted by Crippen LogP contribution is 2.38. The van der Waals surface area contributed by atoms with Crippen LogP contribution < -0.4 is 0 Å². The fourth-order valence-corrected chi connectivity index (χ4v) is 3.11. The Hall–Kier alpha value is -1.47. The molecule has 0 saturated carbocycles. The molecular formula is C12H17NO5S. The van der Waals surface area contributed by atoms with Gasteiger partial charge < -0.3 is 0 Å². The molecule has 0 heterocycles. The van der Waals surface area contributed by atoms with Gasteiger partial charge in [0.05, 0.1) is 4.92 Å². The second-order valence-corrected chi connectivity index (χ2v) is 6.88. The molecule has 0 radical (unpaired) electrons. The number of hydrogen-bond acceptors (Lipinski definition) is 4. The molecule has 0 saturated heterocycles. The van der Waals surface area contributed by atoms with Crippen LogP contribution in [0.15, 0.2) is 11.0 Å². The lowest BCUT2D eigenvalue weighted by atomic mass is 9.83. The molecule has 0 aliphatic carbocycles. The molecule has 1 N–H and O–H groups in total. The Morgan fingerprint density at radius 1 is 1.26 bits per heavy atom. The first-order valence-corrected chi connectivity index (χ1v) is 7.08. The molecule has 1 aromatic rings. The zero-order chi connectivity index (χ0) is 15.2. The van der Waals surface area contributed by atoms with Gasteiger partial charge >= 0.3 is 0 Å². The van der Waals surface area contributed by atoms with Gasteiger partial charge in [0, 0.05) is 11.1 Å². The van der Waals surface area contributed by atoms with Crippen LogP contribution in [0.4, 0.5) is 5.69 Å². The maximum Gasteiger partial charge on any atom is 0.295 e. The summed E-state index contributed by atoms with van der Waals surface area (Å²) in [5, 5.41) is 11.2. The summed E-state index contributed by atoms with van der Waals surface area (Å²) in [5.74, 6) is 0. The van der Waals surface area contributed by atoms with E-state index in [9.17, 15) is 23.1 Å². The number of nitrogens with zero attached hydrogens (tertiary/aromatic N) is 1. The second kappa shape index (κ2) is 4.57. The van der Waals surface area contributed by atoms with E-state index in [1.807, 2.05) is 0 Å². The SMILES string of the molecule is Cc1cc(C(C)(C)C)c([N+](=O)[O-])c(C)c1S(=O)(=O)O. The monoisotopic (exact) mass is 287 g/mol. The quantitative estimate of drug-likeness (QED) is 0.512. The van der Waals surface area contributed by atoms with Crippen molar-refractivity contribution in [2.24, 2.45) is 0 Å². The minimum atomic E-state index is -4.49. The zero-order valence-corrected chi connectivity index (χ0v) is 12.3.